The van der Waals surface area contributed by atoms with Crippen LogP contribution in [0, 0.1) is 5.82 Å². The Labute approximate surface area is 130 Å². The van der Waals surface area contributed by atoms with E-state index in [-0.39, 0.29) is 5.82 Å². The molecule has 0 aliphatic carbocycles. The summed E-state index contributed by atoms with van der Waals surface area (Å²) in [5.41, 5.74) is 1.00. The highest BCUT2D eigenvalue weighted by Crippen LogP contribution is 2.13. The van der Waals surface area contributed by atoms with Crippen molar-refractivity contribution in [2.24, 2.45) is 0 Å². The van der Waals surface area contributed by atoms with Gasteiger partial charge in [-0.2, -0.15) is 0 Å². The molecule has 0 fully saturated rings. The van der Waals surface area contributed by atoms with E-state index < -0.39 is 6.10 Å². The third-order valence-electron chi connectivity index (χ3n) is 3.45. The fraction of sp³-hybridized carbons (Fsp3) is 0.333. The fourth-order valence-corrected chi connectivity index (χ4v) is 2.36. The van der Waals surface area contributed by atoms with E-state index in [1.165, 1.54) is 12.1 Å². The van der Waals surface area contributed by atoms with Crippen molar-refractivity contribution in [2.75, 3.05) is 6.54 Å². The predicted molar refractivity (Wildman–Crippen MR) is 84.7 cm³/mol. The quantitative estimate of drug-likeness (QED) is 0.717. The van der Waals surface area contributed by atoms with Gasteiger partial charge in [-0.05, 0) is 42.7 Å². The van der Waals surface area contributed by atoms with Crippen molar-refractivity contribution in [1.29, 1.82) is 0 Å². The minimum Gasteiger partial charge on any atom is -0.468 e. The number of hydrogen-bond acceptors (Lipinski definition) is 3. The summed E-state index contributed by atoms with van der Waals surface area (Å²) in [4.78, 5) is 2.10. The lowest BCUT2D eigenvalue weighted by Gasteiger charge is -2.24. The molecule has 1 N–H and O–H groups in total. The molecular formula is C18H22FNO2. The first-order chi connectivity index (χ1) is 10.7. The first-order valence-corrected chi connectivity index (χ1v) is 7.45. The van der Waals surface area contributed by atoms with E-state index in [9.17, 15) is 9.50 Å². The van der Waals surface area contributed by atoms with E-state index in [0.29, 0.717) is 26.1 Å². The second kappa shape index (κ2) is 8.51. The van der Waals surface area contributed by atoms with Gasteiger partial charge in [0.05, 0.1) is 18.9 Å². The molecule has 22 heavy (non-hydrogen) atoms. The van der Waals surface area contributed by atoms with Gasteiger partial charge in [-0.25, -0.2) is 4.39 Å². The zero-order valence-corrected chi connectivity index (χ0v) is 12.6. The van der Waals surface area contributed by atoms with E-state index in [2.05, 4.69) is 11.5 Å². The van der Waals surface area contributed by atoms with Gasteiger partial charge in [-0.1, -0.05) is 18.2 Å². The molecule has 2 aromatic rings. The minimum atomic E-state index is -0.423. The number of rotatable bonds is 9. The molecule has 4 heteroatoms. The topological polar surface area (TPSA) is 36.6 Å². The van der Waals surface area contributed by atoms with E-state index in [4.69, 9.17) is 4.42 Å². The van der Waals surface area contributed by atoms with Gasteiger partial charge in [0, 0.05) is 13.1 Å². The molecule has 1 aromatic carbocycles. The van der Waals surface area contributed by atoms with Crippen molar-refractivity contribution in [3.8, 4) is 0 Å². The largest absolute Gasteiger partial charge is 0.468 e. The van der Waals surface area contributed by atoms with Gasteiger partial charge in [0.25, 0.3) is 0 Å². The summed E-state index contributed by atoms with van der Waals surface area (Å²) in [5.74, 6) is 0.602. The number of aliphatic hydroxyl groups excluding tert-OH is 1. The van der Waals surface area contributed by atoms with Crippen molar-refractivity contribution < 1.29 is 13.9 Å². The summed E-state index contributed by atoms with van der Waals surface area (Å²) < 4.78 is 18.4. The molecule has 1 atom stereocenters. The van der Waals surface area contributed by atoms with Gasteiger partial charge in [0.15, 0.2) is 0 Å². The molecule has 1 aromatic heterocycles. The third-order valence-corrected chi connectivity index (χ3v) is 3.45. The summed E-state index contributed by atoms with van der Waals surface area (Å²) in [5, 5.41) is 10.1. The molecule has 0 radical (unpaired) electrons. The van der Waals surface area contributed by atoms with Gasteiger partial charge in [-0.3, -0.25) is 4.90 Å². The van der Waals surface area contributed by atoms with Crippen LogP contribution in [0.3, 0.4) is 0 Å². The number of benzene rings is 1. The van der Waals surface area contributed by atoms with Crippen LogP contribution in [-0.2, 0) is 13.1 Å². The number of nitrogens with zero attached hydrogens (tertiary/aromatic N) is 1. The lowest BCUT2D eigenvalue weighted by molar-refractivity contribution is 0.0945. The molecule has 0 amide bonds. The van der Waals surface area contributed by atoms with Gasteiger partial charge >= 0.3 is 0 Å². The van der Waals surface area contributed by atoms with Crippen LogP contribution in [0.4, 0.5) is 4.39 Å². The summed E-state index contributed by atoms with van der Waals surface area (Å²) in [6.45, 7) is 5.44. The molecular weight excluding hydrogens is 281 g/mol. The lowest BCUT2D eigenvalue weighted by Crippen LogP contribution is -2.31. The number of aliphatic hydroxyl groups is 1. The average molecular weight is 303 g/mol. The van der Waals surface area contributed by atoms with Crippen molar-refractivity contribution in [2.45, 2.75) is 32.0 Å². The Hall–Kier alpha value is -1.91. The average Bonchev–Trinajstić information content (AvgIpc) is 3.00. The second-order valence-corrected chi connectivity index (χ2v) is 5.40. The molecule has 0 saturated carbocycles. The maximum atomic E-state index is 13.0. The molecule has 0 unspecified atom stereocenters. The standard InChI is InChI=1S/C18H22FNO2/c1-2-3-5-17(21)13-20(14-18-6-4-11-22-18)12-15-7-9-16(19)10-8-15/h2,4,6-11,17,21H,1,3,5,12-14H2/t17-/m1/s1. The predicted octanol–water partition coefficient (Wildman–Crippen LogP) is 3.75. The van der Waals surface area contributed by atoms with E-state index in [1.807, 2.05) is 12.1 Å². The first kappa shape index (κ1) is 16.5. The summed E-state index contributed by atoms with van der Waals surface area (Å²) >= 11 is 0. The van der Waals surface area contributed by atoms with Crippen LogP contribution >= 0.6 is 0 Å². The normalized spacial score (nSPS) is 12.5. The van der Waals surface area contributed by atoms with Gasteiger partial charge in [0.2, 0.25) is 0 Å². The van der Waals surface area contributed by atoms with Gasteiger partial charge in [0.1, 0.15) is 11.6 Å². The fourth-order valence-electron chi connectivity index (χ4n) is 2.36. The molecule has 0 aliphatic heterocycles. The van der Waals surface area contributed by atoms with Crippen LogP contribution in [0.15, 0.2) is 59.7 Å². The Morgan fingerprint density at radius 2 is 2.00 bits per heavy atom. The zero-order valence-electron chi connectivity index (χ0n) is 12.6. The van der Waals surface area contributed by atoms with Crippen molar-refractivity contribution >= 4 is 0 Å². The number of furan rings is 1. The van der Waals surface area contributed by atoms with E-state index in [0.717, 1.165) is 17.7 Å². The maximum absolute atomic E-state index is 13.0. The summed E-state index contributed by atoms with van der Waals surface area (Å²) in [7, 11) is 0. The minimum absolute atomic E-state index is 0.243. The van der Waals surface area contributed by atoms with Crippen LogP contribution in [0.5, 0.6) is 0 Å². The molecule has 2 rings (SSSR count). The van der Waals surface area contributed by atoms with Gasteiger partial charge in [-0.15, -0.1) is 6.58 Å². The lowest BCUT2D eigenvalue weighted by atomic mass is 10.1. The third kappa shape index (κ3) is 5.47. The number of halogens is 1. The highest BCUT2D eigenvalue weighted by molar-refractivity contribution is 5.16. The smallest absolute Gasteiger partial charge is 0.123 e. The SMILES string of the molecule is C=CCC[C@@H](O)CN(Cc1ccc(F)cc1)Cc1ccco1. The van der Waals surface area contributed by atoms with E-state index >= 15 is 0 Å². The monoisotopic (exact) mass is 303 g/mol. The van der Waals surface area contributed by atoms with Crippen molar-refractivity contribution in [1.82, 2.24) is 4.90 Å². The Kier molecular flexibility index (Phi) is 6.37. The Morgan fingerprint density at radius 1 is 1.23 bits per heavy atom. The molecule has 1 heterocycles. The van der Waals surface area contributed by atoms with Crippen LogP contribution in [0.25, 0.3) is 0 Å². The Bertz CT molecular complexity index is 551. The molecule has 0 saturated heterocycles. The molecule has 118 valence electrons. The molecule has 0 aliphatic rings. The van der Waals surface area contributed by atoms with Crippen LogP contribution in [-0.4, -0.2) is 22.7 Å². The summed E-state index contributed by atoms with van der Waals surface area (Å²) in [6.07, 6.45) is 4.49. The number of allylic oxidation sites excluding steroid dienone is 1. The Balaban J connectivity index is 2.00. The first-order valence-electron chi connectivity index (χ1n) is 7.45. The highest BCUT2D eigenvalue weighted by Gasteiger charge is 2.14. The molecule has 0 spiro atoms. The summed E-state index contributed by atoms with van der Waals surface area (Å²) in [6, 6.07) is 10.2. The van der Waals surface area contributed by atoms with Crippen LogP contribution in [0.1, 0.15) is 24.2 Å². The van der Waals surface area contributed by atoms with Crippen LogP contribution < -0.4 is 0 Å². The van der Waals surface area contributed by atoms with Crippen molar-refractivity contribution in [3.05, 3.63) is 72.5 Å². The number of hydrogen-bond donors (Lipinski definition) is 1. The molecule has 3 nitrogen and oxygen atoms in total. The maximum Gasteiger partial charge on any atom is 0.123 e. The second-order valence-electron chi connectivity index (χ2n) is 5.40. The van der Waals surface area contributed by atoms with Crippen LogP contribution in [0.2, 0.25) is 0 Å². The Morgan fingerprint density at radius 3 is 2.64 bits per heavy atom. The van der Waals surface area contributed by atoms with Crippen molar-refractivity contribution in [3.63, 3.8) is 0 Å². The van der Waals surface area contributed by atoms with E-state index in [1.54, 1.807) is 24.5 Å². The van der Waals surface area contributed by atoms with Gasteiger partial charge < -0.3 is 9.52 Å². The highest BCUT2D eigenvalue weighted by atomic mass is 19.1. The molecule has 0 bridgehead atoms. The zero-order chi connectivity index (χ0) is 15.8.